The van der Waals surface area contributed by atoms with Gasteiger partial charge in [-0.3, -0.25) is 4.79 Å². The van der Waals surface area contributed by atoms with Crippen molar-refractivity contribution >= 4 is 22.6 Å². The number of carbonyl (C=O) groups is 2. The quantitative estimate of drug-likeness (QED) is 0.407. The summed E-state index contributed by atoms with van der Waals surface area (Å²) in [5.41, 5.74) is 1.30. The van der Waals surface area contributed by atoms with Crippen molar-refractivity contribution in [3.05, 3.63) is 54.1 Å². The fraction of sp³-hybridized carbons (Fsp3) is 0.364. The SMILES string of the molecule is C=CC(=O)OCCCOc1ccc2c3c(cccc13)C(=O)N(CCCC)C2O. The molecule has 1 amide bonds. The van der Waals surface area contributed by atoms with Crippen LogP contribution in [0.25, 0.3) is 10.8 Å². The first-order valence-corrected chi connectivity index (χ1v) is 9.55. The second kappa shape index (κ2) is 8.89. The highest BCUT2D eigenvalue weighted by molar-refractivity contribution is 6.11. The zero-order chi connectivity index (χ0) is 20.1. The number of unbranched alkanes of at least 4 members (excludes halogenated alkanes) is 1. The summed E-state index contributed by atoms with van der Waals surface area (Å²) in [4.78, 5) is 25.5. The fourth-order valence-electron chi connectivity index (χ4n) is 3.39. The molecule has 1 unspecified atom stereocenters. The van der Waals surface area contributed by atoms with E-state index in [4.69, 9.17) is 9.47 Å². The molecule has 0 saturated carbocycles. The van der Waals surface area contributed by atoms with Crippen LogP contribution in [0.1, 0.15) is 48.3 Å². The first kappa shape index (κ1) is 19.9. The minimum atomic E-state index is -0.955. The molecule has 0 aliphatic carbocycles. The van der Waals surface area contributed by atoms with E-state index in [1.54, 1.807) is 6.07 Å². The molecule has 3 rings (SSSR count). The first-order chi connectivity index (χ1) is 13.6. The van der Waals surface area contributed by atoms with Crippen LogP contribution in [0.2, 0.25) is 0 Å². The topological polar surface area (TPSA) is 76.1 Å². The molecule has 0 radical (unpaired) electrons. The van der Waals surface area contributed by atoms with E-state index in [0.717, 1.165) is 29.7 Å². The highest BCUT2D eigenvalue weighted by atomic mass is 16.5. The number of rotatable bonds is 9. The number of carbonyl (C=O) groups excluding carboxylic acids is 2. The Morgan fingerprint density at radius 2 is 2.07 bits per heavy atom. The molecule has 0 fully saturated rings. The molecule has 148 valence electrons. The molecule has 0 saturated heterocycles. The molecule has 1 aliphatic rings. The summed E-state index contributed by atoms with van der Waals surface area (Å²) < 4.78 is 10.8. The van der Waals surface area contributed by atoms with E-state index in [9.17, 15) is 14.7 Å². The summed E-state index contributed by atoms with van der Waals surface area (Å²) in [6.07, 6.45) is 2.49. The van der Waals surface area contributed by atoms with Gasteiger partial charge in [-0.1, -0.05) is 38.1 Å². The third-order valence-electron chi connectivity index (χ3n) is 4.81. The monoisotopic (exact) mass is 383 g/mol. The van der Waals surface area contributed by atoms with Gasteiger partial charge in [0, 0.05) is 40.9 Å². The third kappa shape index (κ3) is 3.87. The van der Waals surface area contributed by atoms with Crippen molar-refractivity contribution in [2.45, 2.75) is 32.4 Å². The maximum Gasteiger partial charge on any atom is 0.330 e. The highest BCUT2D eigenvalue weighted by Crippen LogP contribution is 2.39. The number of aliphatic hydroxyl groups is 1. The van der Waals surface area contributed by atoms with Gasteiger partial charge < -0.3 is 19.5 Å². The summed E-state index contributed by atoms with van der Waals surface area (Å²) in [7, 11) is 0. The van der Waals surface area contributed by atoms with E-state index >= 15 is 0 Å². The molecule has 6 nitrogen and oxygen atoms in total. The van der Waals surface area contributed by atoms with E-state index in [0.29, 0.717) is 36.4 Å². The van der Waals surface area contributed by atoms with Crippen LogP contribution in [0.3, 0.4) is 0 Å². The molecule has 1 heterocycles. The number of aliphatic hydroxyl groups excluding tert-OH is 1. The number of esters is 1. The van der Waals surface area contributed by atoms with Crippen molar-refractivity contribution in [3.63, 3.8) is 0 Å². The smallest absolute Gasteiger partial charge is 0.330 e. The van der Waals surface area contributed by atoms with Gasteiger partial charge in [0.15, 0.2) is 6.23 Å². The van der Waals surface area contributed by atoms with Gasteiger partial charge in [0.1, 0.15) is 5.75 Å². The lowest BCUT2D eigenvalue weighted by Crippen LogP contribution is -2.38. The van der Waals surface area contributed by atoms with Gasteiger partial charge in [-0.15, -0.1) is 0 Å². The van der Waals surface area contributed by atoms with E-state index in [2.05, 4.69) is 13.5 Å². The minimum Gasteiger partial charge on any atom is -0.493 e. The summed E-state index contributed by atoms with van der Waals surface area (Å²) in [5.74, 6) is 0.0203. The number of amides is 1. The Hall–Kier alpha value is -2.86. The second-order valence-corrected chi connectivity index (χ2v) is 6.68. The maximum atomic E-state index is 12.9. The zero-order valence-electron chi connectivity index (χ0n) is 16.0. The summed E-state index contributed by atoms with van der Waals surface area (Å²) in [6.45, 7) is 6.53. The molecule has 0 bridgehead atoms. The Kier molecular flexibility index (Phi) is 6.31. The van der Waals surface area contributed by atoms with Crippen molar-refractivity contribution < 1.29 is 24.2 Å². The van der Waals surface area contributed by atoms with Crippen LogP contribution in [-0.2, 0) is 9.53 Å². The van der Waals surface area contributed by atoms with Crippen molar-refractivity contribution in [2.75, 3.05) is 19.8 Å². The average molecular weight is 383 g/mol. The van der Waals surface area contributed by atoms with Crippen LogP contribution in [0.4, 0.5) is 0 Å². The number of hydrogen-bond acceptors (Lipinski definition) is 5. The summed E-state index contributed by atoms with van der Waals surface area (Å²) in [5, 5.41) is 12.3. The van der Waals surface area contributed by atoms with Gasteiger partial charge in [-0.2, -0.15) is 0 Å². The van der Waals surface area contributed by atoms with E-state index < -0.39 is 12.2 Å². The lowest BCUT2D eigenvalue weighted by Gasteiger charge is -2.34. The maximum absolute atomic E-state index is 12.9. The predicted octanol–water partition coefficient (Wildman–Crippen LogP) is 3.58. The van der Waals surface area contributed by atoms with Crippen LogP contribution in [0.15, 0.2) is 43.0 Å². The Morgan fingerprint density at radius 3 is 2.82 bits per heavy atom. The van der Waals surface area contributed by atoms with Crippen molar-refractivity contribution in [3.8, 4) is 5.75 Å². The zero-order valence-corrected chi connectivity index (χ0v) is 16.0. The molecule has 0 aromatic heterocycles. The number of benzene rings is 2. The Balaban J connectivity index is 1.81. The fourth-order valence-corrected chi connectivity index (χ4v) is 3.39. The van der Waals surface area contributed by atoms with Crippen LogP contribution in [0, 0.1) is 0 Å². The van der Waals surface area contributed by atoms with Crippen molar-refractivity contribution in [1.29, 1.82) is 0 Å². The molecule has 2 aromatic rings. The minimum absolute atomic E-state index is 0.160. The summed E-state index contributed by atoms with van der Waals surface area (Å²) in [6, 6.07) is 9.13. The molecule has 1 aliphatic heterocycles. The first-order valence-electron chi connectivity index (χ1n) is 9.55. The lowest BCUT2D eigenvalue weighted by atomic mass is 9.92. The molecule has 6 heteroatoms. The number of hydrogen-bond donors (Lipinski definition) is 1. The molecular weight excluding hydrogens is 358 g/mol. The Morgan fingerprint density at radius 1 is 1.25 bits per heavy atom. The van der Waals surface area contributed by atoms with Crippen LogP contribution in [-0.4, -0.2) is 41.6 Å². The predicted molar refractivity (Wildman–Crippen MR) is 106 cm³/mol. The lowest BCUT2D eigenvalue weighted by molar-refractivity contribution is -0.137. The highest BCUT2D eigenvalue weighted by Gasteiger charge is 2.32. The summed E-state index contributed by atoms with van der Waals surface area (Å²) >= 11 is 0. The second-order valence-electron chi connectivity index (χ2n) is 6.68. The van der Waals surface area contributed by atoms with Gasteiger partial charge in [0.25, 0.3) is 5.91 Å². The molecule has 1 atom stereocenters. The standard InChI is InChI=1S/C22H25NO5/c1-3-5-12-23-21(25)16-9-6-8-15-18(11-10-17(20(15)16)22(23)26)27-13-7-14-28-19(24)4-2/h4,6,8-11,22,26H,2-3,5,7,12-14H2,1H3. The number of ether oxygens (including phenoxy) is 2. The van der Waals surface area contributed by atoms with Gasteiger partial charge in [0.2, 0.25) is 0 Å². The molecule has 2 aromatic carbocycles. The van der Waals surface area contributed by atoms with Gasteiger partial charge in [0.05, 0.1) is 13.2 Å². The average Bonchev–Trinajstić information content (AvgIpc) is 2.71. The van der Waals surface area contributed by atoms with E-state index in [-0.39, 0.29) is 12.5 Å². The molecule has 1 N–H and O–H groups in total. The molecule has 28 heavy (non-hydrogen) atoms. The third-order valence-corrected chi connectivity index (χ3v) is 4.81. The van der Waals surface area contributed by atoms with Crippen LogP contribution >= 0.6 is 0 Å². The normalized spacial score (nSPS) is 15.6. The van der Waals surface area contributed by atoms with Gasteiger partial charge in [-0.05, 0) is 18.6 Å². The van der Waals surface area contributed by atoms with E-state index in [1.165, 1.54) is 4.90 Å². The molecule has 0 spiro atoms. The van der Waals surface area contributed by atoms with Crippen LogP contribution < -0.4 is 4.74 Å². The van der Waals surface area contributed by atoms with Crippen molar-refractivity contribution in [2.24, 2.45) is 0 Å². The van der Waals surface area contributed by atoms with Crippen LogP contribution in [0.5, 0.6) is 5.75 Å². The Labute approximate surface area is 164 Å². The number of nitrogens with zero attached hydrogens (tertiary/aromatic N) is 1. The largest absolute Gasteiger partial charge is 0.493 e. The Bertz CT molecular complexity index is 892. The van der Waals surface area contributed by atoms with E-state index in [1.807, 2.05) is 24.3 Å². The van der Waals surface area contributed by atoms with Crippen molar-refractivity contribution in [1.82, 2.24) is 4.90 Å². The van der Waals surface area contributed by atoms with Gasteiger partial charge >= 0.3 is 5.97 Å². The van der Waals surface area contributed by atoms with Gasteiger partial charge in [-0.25, -0.2) is 4.79 Å². The molecular formula is C22H25NO5.